The Hall–Kier alpha value is -2.38. The number of ether oxygens (including phenoxy) is 1. The van der Waals surface area contributed by atoms with Crippen LogP contribution in [0.15, 0.2) is 47.4 Å². The number of sulfonamides is 1. The first-order valence-electron chi connectivity index (χ1n) is 8.67. The van der Waals surface area contributed by atoms with Crippen molar-refractivity contribution in [2.75, 3.05) is 26.0 Å². The molecule has 0 aliphatic heterocycles. The second-order valence-electron chi connectivity index (χ2n) is 6.83. The molecule has 0 spiro atoms. The quantitative estimate of drug-likeness (QED) is 0.786. The van der Waals surface area contributed by atoms with Gasteiger partial charge in [-0.3, -0.25) is 4.79 Å². The lowest BCUT2D eigenvalue weighted by Gasteiger charge is -2.14. The molecule has 146 valence electrons. The molecule has 0 atom stereocenters. The first-order valence-corrected chi connectivity index (χ1v) is 10.1. The molecule has 6 nitrogen and oxygen atoms in total. The zero-order valence-corrected chi connectivity index (χ0v) is 17.1. The van der Waals surface area contributed by atoms with Gasteiger partial charge in [0.05, 0.1) is 4.90 Å². The summed E-state index contributed by atoms with van der Waals surface area (Å²) in [5, 5.41) is 2.67. The van der Waals surface area contributed by atoms with Crippen LogP contribution in [0.4, 0.5) is 5.69 Å². The summed E-state index contributed by atoms with van der Waals surface area (Å²) in [6.45, 7) is 5.95. The second-order valence-corrected chi connectivity index (χ2v) is 8.98. The van der Waals surface area contributed by atoms with Gasteiger partial charge in [0.15, 0.2) is 6.61 Å². The van der Waals surface area contributed by atoms with Gasteiger partial charge in [-0.2, -0.15) is 0 Å². The van der Waals surface area contributed by atoms with Crippen molar-refractivity contribution in [1.29, 1.82) is 0 Å². The number of rotatable bonds is 7. The zero-order valence-electron chi connectivity index (χ0n) is 16.3. The summed E-state index contributed by atoms with van der Waals surface area (Å²) in [4.78, 5) is 12.3. The molecule has 0 aliphatic rings. The minimum Gasteiger partial charge on any atom is -0.483 e. The van der Waals surface area contributed by atoms with Crippen LogP contribution in [0.1, 0.15) is 30.9 Å². The predicted molar refractivity (Wildman–Crippen MR) is 107 cm³/mol. The highest BCUT2D eigenvalue weighted by atomic mass is 32.2. The number of nitrogens with zero attached hydrogens (tertiary/aromatic N) is 1. The van der Waals surface area contributed by atoms with Gasteiger partial charge in [0.1, 0.15) is 5.75 Å². The fraction of sp³-hybridized carbons (Fsp3) is 0.350. The average Bonchev–Trinajstić information content (AvgIpc) is 2.60. The topological polar surface area (TPSA) is 75.7 Å². The molecule has 1 amide bonds. The Balaban J connectivity index is 2.06. The second kappa shape index (κ2) is 8.54. The van der Waals surface area contributed by atoms with E-state index >= 15 is 0 Å². The maximum absolute atomic E-state index is 12.2. The van der Waals surface area contributed by atoms with Crippen LogP contribution in [0.5, 0.6) is 5.75 Å². The first kappa shape index (κ1) is 20.9. The van der Waals surface area contributed by atoms with E-state index in [4.69, 9.17) is 4.74 Å². The van der Waals surface area contributed by atoms with Crippen molar-refractivity contribution in [1.82, 2.24) is 4.31 Å². The molecule has 0 saturated heterocycles. The third-order valence-electron chi connectivity index (χ3n) is 4.13. The van der Waals surface area contributed by atoms with Gasteiger partial charge in [0.25, 0.3) is 5.91 Å². The molecule has 0 aromatic heterocycles. The maximum atomic E-state index is 12.2. The predicted octanol–water partition coefficient (Wildman–Crippen LogP) is 3.39. The Kier molecular flexibility index (Phi) is 6.62. The van der Waals surface area contributed by atoms with E-state index in [1.807, 2.05) is 25.1 Å². The molecule has 2 rings (SSSR count). The van der Waals surface area contributed by atoms with Crippen LogP contribution in [0.3, 0.4) is 0 Å². The van der Waals surface area contributed by atoms with E-state index in [1.54, 1.807) is 12.1 Å². The fourth-order valence-electron chi connectivity index (χ4n) is 2.42. The summed E-state index contributed by atoms with van der Waals surface area (Å²) < 4.78 is 31.2. The number of carbonyl (C=O) groups is 1. The summed E-state index contributed by atoms with van der Waals surface area (Å²) in [7, 11) is -0.638. The molecule has 0 heterocycles. The molecule has 2 aromatic rings. The Morgan fingerprint density at radius 2 is 1.85 bits per heavy atom. The zero-order chi connectivity index (χ0) is 20.2. The van der Waals surface area contributed by atoms with E-state index in [-0.39, 0.29) is 17.4 Å². The van der Waals surface area contributed by atoms with E-state index in [0.717, 1.165) is 15.4 Å². The SMILES string of the molecule is Cc1ccc(C(C)C)cc1OCC(=O)Nc1cccc(S(=O)(=O)N(C)C)c1. The molecule has 0 aliphatic carbocycles. The molecule has 0 radical (unpaired) electrons. The Morgan fingerprint density at radius 1 is 1.15 bits per heavy atom. The number of carbonyl (C=O) groups excluding carboxylic acids is 1. The summed E-state index contributed by atoms with van der Waals surface area (Å²) >= 11 is 0. The summed E-state index contributed by atoms with van der Waals surface area (Å²) in [6, 6.07) is 12.1. The first-order chi connectivity index (χ1) is 12.6. The Bertz CT molecular complexity index is 921. The molecular weight excluding hydrogens is 364 g/mol. The van der Waals surface area contributed by atoms with Gasteiger partial charge in [0.2, 0.25) is 10.0 Å². The van der Waals surface area contributed by atoms with E-state index in [0.29, 0.717) is 17.4 Å². The average molecular weight is 391 g/mol. The molecule has 0 unspecified atom stereocenters. The normalized spacial score (nSPS) is 11.7. The van der Waals surface area contributed by atoms with Crippen molar-refractivity contribution in [2.45, 2.75) is 31.6 Å². The number of hydrogen-bond acceptors (Lipinski definition) is 4. The van der Waals surface area contributed by atoms with Gasteiger partial charge < -0.3 is 10.1 Å². The molecule has 1 N–H and O–H groups in total. The maximum Gasteiger partial charge on any atom is 0.262 e. The van der Waals surface area contributed by atoms with Crippen LogP contribution < -0.4 is 10.1 Å². The standard InChI is InChI=1S/C20H26N2O4S/c1-14(2)16-10-9-15(3)19(11-16)26-13-20(23)21-17-7-6-8-18(12-17)27(24,25)22(4)5/h6-12,14H,13H2,1-5H3,(H,21,23). The minimum atomic E-state index is -3.56. The Morgan fingerprint density at radius 3 is 2.48 bits per heavy atom. The van der Waals surface area contributed by atoms with Gasteiger partial charge in [0, 0.05) is 19.8 Å². The van der Waals surface area contributed by atoms with Crippen molar-refractivity contribution in [2.24, 2.45) is 0 Å². The molecule has 0 fully saturated rings. The number of anilines is 1. The van der Waals surface area contributed by atoms with Gasteiger partial charge in [-0.25, -0.2) is 12.7 Å². The number of benzene rings is 2. The van der Waals surface area contributed by atoms with Crippen LogP contribution in [0.2, 0.25) is 0 Å². The Labute approximate surface area is 161 Å². The van der Waals surface area contributed by atoms with Crippen LogP contribution in [-0.2, 0) is 14.8 Å². The summed E-state index contributed by atoms with van der Waals surface area (Å²) in [5.74, 6) is 0.673. The van der Waals surface area contributed by atoms with E-state index in [1.165, 1.54) is 26.2 Å². The van der Waals surface area contributed by atoms with Crippen molar-refractivity contribution in [3.8, 4) is 5.75 Å². The highest BCUT2D eigenvalue weighted by Crippen LogP contribution is 2.24. The third kappa shape index (κ3) is 5.30. The smallest absolute Gasteiger partial charge is 0.262 e. The number of hydrogen-bond donors (Lipinski definition) is 1. The largest absolute Gasteiger partial charge is 0.483 e. The van der Waals surface area contributed by atoms with E-state index < -0.39 is 10.0 Å². The van der Waals surface area contributed by atoms with Gasteiger partial charge in [-0.15, -0.1) is 0 Å². The van der Waals surface area contributed by atoms with Gasteiger partial charge in [-0.1, -0.05) is 32.0 Å². The van der Waals surface area contributed by atoms with Crippen LogP contribution in [-0.4, -0.2) is 39.3 Å². The molecule has 2 aromatic carbocycles. The lowest BCUT2D eigenvalue weighted by molar-refractivity contribution is -0.118. The molecule has 7 heteroatoms. The molecular formula is C20H26N2O4S. The summed E-state index contributed by atoms with van der Waals surface area (Å²) in [5.41, 5.74) is 2.49. The van der Waals surface area contributed by atoms with Crippen molar-refractivity contribution < 1.29 is 17.9 Å². The highest BCUT2D eigenvalue weighted by molar-refractivity contribution is 7.89. The molecule has 0 saturated carbocycles. The lowest BCUT2D eigenvalue weighted by atomic mass is 10.0. The molecule has 27 heavy (non-hydrogen) atoms. The number of nitrogens with one attached hydrogen (secondary N) is 1. The fourth-order valence-corrected chi connectivity index (χ4v) is 3.36. The van der Waals surface area contributed by atoms with Crippen molar-refractivity contribution >= 4 is 21.6 Å². The van der Waals surface area contributed by atoms with Gasteiger partial charge in [-0.05, 0) is 48.2 Å². The van der Waals surface area contributed by atoms with Crippen LogP contribution >= 0.6 is 0 Å². The minimum absolute atomic E-state index is 0.117. The summed E-state index contributed by atoms with van der Waals surface area (Å²) in [6.07, 6.45) is 0. The highest BCUT2D eigenvalue weighted by Gasteiger charge is 2.17. The van der Waals surface area contributed by atoms with Crippen LogP contribution in [0, 0.1) is 6.92 Å². The number of aryl methyl sites for hydroxylation is 1. The third-order valence-corrected chi connectivity index (χ3v) is 5.95. The van der Waals surface area contributed by atoms with Crippen molar-refractivity contribution in [3.63, 3.8) is 0 Å². The molecule has 0 bridgehead atoms. The van der Waals surface area contributed by atoms with Crippen molar-refractivity contribution in [3.05, 3.63) is 53.6 Å². The lowest BCUT2D eigenvalue weighted by Crippen LogP contribution is -2.23. The van der Waals surface area contributed by atoms with E-state index in [9.17, 15) is 13.2 Å². The van der Waals surface area contributed by atoms with Gasteiger partial charge >= 0.3 is 0 Å². The van der Waals surface area contributed by atoms with E-state index in [2.05, 4.69) is 19.2 Å². The van der Waals surface area contributed by atoms with Crippen LogP contribution in [0.25, 0.3) is 0 Å². The number of amides is 1. The monoisotopic (exact) mass is 390 g/mol.